The van der Waals surface area contributed by atoms with Crippen LogP contribution < -0.4 is 21.6 Å². The van der Waals surface area contributed by atoms with Crippen molar-refractivity contribution in [1.29, 1.82) is 0 Å². The number of aliphatic imine (C=N–C) groups is 1. The van der Waals surface area contributed by atoms with Gasteiger partial charge in [-0.05, 0) is 57.3 Å². The third-order valence-electron chi connectivity index (χ3n) is 4.13. The third kappa shape index (κ3) is 8.20. The molecule has 2 rings (SSSR count). The van der Waals surface area contributed by atoms with Gasteiger partial charge in [-0.15, -0.1) is 0 Å². The molecule has 1 aromatic carbocycles. The lowest BCUT2D eigenvalue weighted by atomic mass is 10.1. The van der Waals surface area contributed by atoms with Crippen LogP contribution in [0, 0.1) is 5.82 Å². The molecule has 0 aliphatic rings. The summed E-state index contributed by atoms with van der Waals surface area (Å²) in [7, 11) is 0. The van der Waals surface area contributed by atoms with Crippen LogP contribution in [0.25, 0.3) is 0 Å². The summed E-state index contributed by atoms with van der Waals surface area (Å²) < 4.78 is 18.3. The lowest BCUT2D eigenvalue weighted by molar-refractivity contribution is -0.129. The molecule has 32 heavy (non-hydrogen) atoms. The van der Waals surface area contributed by atoms with E-state index in [2.05, 4.69) is 41.9 Å². The Morgan fingerprint density at radius 3 is 2.50 bits per heavy atom. The number of benzene rings is 1. The minimum atomic E-state index is -0.455. The molecule has 0 spiro atoms. The van der Waals surface area contributed by atoms with Crippen LogP contribution in [0.5, 0.6) is 0 Å². The van der Waals surface area contributed by atoms with Gasteiger partial charge in [-0.1, -0.05) is 6.42 Å². The number of hydrogen-bond donors (Lipinski definition) is 6. The predicted molar refractivity (Wildman–Crippen MR) is 114 cm³/mol. The van der Waals surface area contributed by atoms with E-state index in [0.717, 1.165) is 0 Å². The molecule has 1 aromatic heterocycles. The van der Waals surface area contributed by atoms with Crippen LogP contribution in [0.15, 0.2) is 32.3 Å². The zero-order valence-corrected chi connectivity index (χ0v) is 18.5. The van der Waals surface area contributed by atoms with E-state index in [9.17, 15) is 19.2 Å². The van der Waals surface area contributed by atoms with Crippen molar-refractivity contribution in [1.82, 2.24) is 26.6 Å². The summed E-state index contributed by atoms with van der Waals surface area (Å²) in [6.45, 7) is 0.590. The molecule has 0 saturated heterocycles. The summed E-state index contributed by atoms with van der Waals surface area (Å²) in [6.07, 6.45) is 2.42. The van der Waals surface area contributed by atoms with Crippen molar-refractivity contribution in [3.8, 4) is 0 Å². The number of hydroxylamine groups is 2. The Hall–Kier alpha value is -3.10. The predicted octanol–water partition coefficient (Wildman–Crippen LogP) is 2.01. The van der Waals surface area contributed by atoms with Crippen LogP contribution in [-0.4, -0.2) is 51.5 Å². The Morgan fingerprint density at radius 1 is 1.06 bits per heavy atom. The standard InChI is InChI=1S/C18H23BrFN7O5/c19-12-10-11(6-7-13(12)20)23-18(25-31)16-17(27-32-26-16)22-9-8-21-14(28)4-2-1-3-5-15(29)24-30/h6-7,10,30-31H,1-5,8-9H2,(H,21,28)(H,22,27)(H,23,25)(H,24,29). The van der Waals surface area contributed by atoms with Crippen LogP contribution in [0.4, 0.5) is 15.9 Å². The highest BCUT2D eigenvalue weighted by Crippen LogP contribution is 2.23. The van der Waals surface area contributed by atoms with Crippen LogP contribution in [0.3, 0.4) is 0 Å². The van der Waals surface area contributed by atoms with Crippen molar-refractivity contribution >= 4 is 45.1 Å². The molecule has 14 heteroatoms. The van der Waals surface area contributed by atoms with E-state index in [0.29, 0.717) is 44.5 Å². The van der Waals surface area contributed by atoms with Gasteiger partial charge in [-0.2, -0.15) is 0 Å². The first-order valence-corrected chi connectivity index (χ1v) is 10.4. The maximum absolute atomic E-state index is 13.4. The monoisotopic (exact) mass is 515 g/mol. The number of rotatable bonds is 12. The fraction of sp³-hybridized carbons (Fsp3) is 0.389. The molecule has 0 bridgehead atoms. The fourth-order valence-corrected chi connectivity index (χ4v) is 2.92. The van der Waals surface area contributed by atoms with Crippen LogP contribution >= 0.6 is 15.9 Å². The van der Waals surface area contributed by atoms with Crippen molar-refractivity contribution in [3.63, 3.8) is 0 Å². The van der Waals surface area contributed by atoms with Crippen molar-refractivity contribution in [2.45, 2.75) is 32.1 Å². The van der Waals surface area contributed by atoms with Gasteiger partial charge in [0.25, 0.3) is 0 Å². The van der Waals surface area contributed by atoms with Gasteiger partial charge in [0.2, 0.25) is 17.6 Å². The second-order valence-corrected chi connectivity index (χ2v) is 7.36. The normalized spacial score (nSPS) is 11.2. The zero-order valence-electron chi connectivity index (χ0n) is 16.9. The molecular formula is C18H23BrFN7O5. The van der Waals surface area contributed by atoms with E-state index in [1.165, 1.54) is 18.2 Å². The minimum Gasteiger partial charge on any atom is -0.363 e. The number of hydrogen-bond acceptors (Lipinski definition) is 9. The number of amides is 2. The highest BCUT2D eigenvalue weighted by molar-refractivity contribution is 9.10. The second kappa shape index (κ2) is 13.3. The lowest BCUT2D eigenvalue weighted by Crippen LogP contribution is -2.29. The molecule has 2 amide bonds. The number of halogens is 2. The largest absolute Gasteiger partial charge is 0.363 e. The molecule has 0 aliphatic carbocycles. The summed E-state index contributed by atoms with van der Waals surface area (Å²) in [5, 5.41) is 30.9. The molecule has 1 heterocycles. The number of amidine groups is 1. The number of nitrogens with zero attached hydrogens (tertiary/aromatic N) is 3. The molecule has 0 radical (unpaired) electrons. The van der Waals surface area contributed by atoms with Crippen LogP contribution in [0.1, 0.15) is 37.8 Å². The first-order chi connectivity index (χ1) is 15.4. The van der Waals surface area contributed by atoms with E-state index >= 15 is 0 Å². The molecule has 12 nitrogen and oxygen atoms in total. The Morgan fingerprint density at radius 2 is 1.81 bits per heavy atom. The molecule has 0 saturated carbocycles. The van der Waals surface area contributed by atoms with Crippen molar-refractivity contribution in [2.75, 3.05) is 18.4 Å². The SMILES string of the molecule is O=C(CCCCCC(=O)NCCNc1nonc1C(=Nc1ccc(F)c(Br)c1)NO)NO. The number of carbonyl (C=O) groups is 2. The summed E-state index contributed by atoms with van der Waals surface area (Å²) in [5.41, 5.74) is 3.90. The second-order valence-electron chi connectivity index (χ2n) is 6.50. The van der Waals surface area contributed by atoms with E-state index < -0.39 is 11.7 Å². The average Bonchev–Trinajstić information content (AvgIpc) is 3.25. The molecule has 174 valence electrons. The van der Waals surface area contributed by atoms with Crippen LogP contribution in [0.2, 0.25) is 0 Å². The van der Waals surface area contributed by atoms with Crippen molar-refractivity contribution < 1.29 is 29.0 Å². The van der Waals surface area contributed by atoms with Gasteiger partial charge in [0, 0.05) is 25.9 Å². The number of unbranched alkanes of at least 4 members (excludes halogenated alkanes) is 2. The van der Waals surface area contributed by atoms with Gasteiger partial charge in [0.15, 0.2) is 11.5 Å². The number of anilines is 1. The van der Waals surface area contributed by atoms with Crippen LogP contribution in [-0.2, 0) is 9.59 Å². The average molecular weight is 516 g/mol. The topological polar surface area (TPSA) is 174 Å². The third-order valence-corrected chi connectivity index (χ3v) is 4.74. The van der Waals surface area contributed by atoms with Gasteiger partial charge < -0.3 is 10.6 Å². The Bertz CT molecular complexity index is 940. The van der Waals surface area contributed by atoms with Crippen molar-refractivity contribution in [2.24, 2.45) is 4.99 Å². The molecule has 0 aliphatic heterocycles. The molecule has 6 N–H and O–H groups in total. The highest BCUT2D eigenvalue weighted by Gasteiger charge is 2.16. The van der Waals surface area contributed by atoms with E-state index in [-0.39, 0.29) is 34.1 Å². The number of aromatic nitrogens is 2. The maximum atomic E-state index is 13.4. The zero-order chi connectivity index (χ0) is 23.3. The van der Waals surface area contributed by atoms with Gasteiger partial charge in [0.1, 0.15) is 5.82 Å². The van der Waals surface area contributed by atoms with E-state index in [1.54, 1.807) is 5.48 Å². The number of carbonyl (C=O) groups excluding carboxylic acids is 2. The number of nitrogens with one attached hydrogen (secondary N) is 4. The Kier molecular flexibility index (Phi) is 10.5. The van der Waals surface area contributed by atoms with Crippen molar-refractivity contribution in [3.05, 3.63) is 34.2 Å². The van der Waals surface area contributed by atoms with E-state index in [4.69, 9.17) is 9.84 Å². The quantitative estimate of drug-likeness (QED) is 0.0811. The smallest absolute Gasteiger partial charge is 0.243 e. The van der Waals surface area contributed by atoms with Gasteiger partial charge in [-0.3, -0.25) is 25.5 Å². The Balaban J connectivity index is 1.79. The summed E-state index contributed by atoms with van der Waals surface area (Å²) in [4.78, 5) is 26.9. The van der Waals surface area contributed by atoms with Gasteiger partial charge in [-0.25, -0.2) is 19.5 Å². The Labute approximate surface area is 190 Å². The fourth-order valence-electron chi connectivity index (χ4n) is 2.55. The van der Waals surface area contributed by atoms with Gasteiger partial charge >= 0.3 is 0 Å². The minimum absolute atomic E-state index is 0.0776. The molecule has 2 aromatic rings. The van der Waals surface area contributed by atoms with E-state index in [1.807, 2.05) is 5.48 Å². The molecule has 0 atom stereocenters. The molecule has 0 fully saturated rings. The van der Waals surface area contributed by atoms with Gasteiger partial charge in [0.05, 0.1) is 10.2 Å². The first kappa shape index (κ1) is 25.2. The maximum Gasteiger partial charge on any atom is 0.243 e. The molecular weight excluding hydrogens is 493 g/mol. The highest BCUT2D eigenvalue weighted by atomic mass is 79.9. The molecule has 0 unspecified atom stereocenters. The summed E-state index contributed by atoms with van der Waals surface area (Å²) in [5.74, 6) is -0.937. The summed E-state index contributed by atoms with van der Waals surface area (Å²) >= 11 is 3.06. The lowest BCUT2D eigenvalue weighted by Gasteiger charge is -2.07. The first-order valence-electron chi connectivity index (χ1n) is 9.65. The summed E-state index contributed by atoms with van der Waals surface area (Å²) in [6, 6.07) is 4.05.